The Morgan fingerprint density at radius 3 is 2.43 bits per heavy atom. The van der Waals surface area contributed by atoms with E-state index in [-0.39, 0.29) is 5.82 Å². The van der Waals surface area contributed by atoms with Gasteiger partial charge in [0, 0.05) is 6.54 Å². The lowest BCUT2D eigenvalue weighted by Gasteiger charge is -2.10. The number of carbonyl (C=O) groups is 1. The van der Waals surface area contributed by atoms with E-state index in [9.17, 15) is 4.79 Å². The predicted molar refractivity (Wildman–Crippen MR) is 92.4 cm³/mol. The number of anilines is 3. The maximum Gasteiger partial charge on any atom is 0.411 e. The normalized spacial score (nSPS) is 10.2. The van der Waals surface area contributed by atoms with Gasteiger partial charge >= 0.3 is 6.09 Å². The molecule has 0 saturated heterocycles. The Labute approximate surface area is 136 Å². The molecule has 23 heavy (non-hydrogen) atoms. The lowest BCUT2D eigenvalue weighted by atomic mass is 10.1. The second kappa shape index (κ2) is 8.03. The molecule has 0 unspecified atom stereocenters. The number of hydrogen-bond acceptors (Lipinski definition) is 5. The highest BCUT2D eigenvalue weighted by Gasteiger charge is 2.07. The second-order valence-corrected chi connectivity index (χ2v) is 5.00. The zero-order chi connectivity index (χ0) is 16.7. The first-order valence-electron chi connectivity index (χ1n) is 7.64. The summed E-state index contributed by atoms with van der Waals surface area (Å²) in [5.74, 6) is 0.890. The molecule has 1 heterocycles. The van der Waals surface area contributed by atoms with Crippen molar-refractivity contribution in [3.63, 3.8) is 0 Å². The van der Waals surface area contributed by atoms with Crippen LogP contribution in [0.2, 0.25) is 0 Å². The van der Waals surface area contributed by atoms with Crippen molar-refractivity contribution in [3.05, 3.63) is 47.5 Å². The molecule has 6 nitrogen and oxygen atoms in total. The van der Waals surface area contributed by atoms with Crippen LogP contribution in [0, 0.1) is 0 Å². The molecular formula is C17H22N4O2. The van der Waals surface area contributed by atoms with Gasteiger partial charge < -0.3 is 15.8 Å². The summed E-state index contributed by atoms with van der Waals surface area (Å²) < 4.78 is 4.81. The van der Waals surface area contributed by atoms with Crippen LogP contribution in [-0.4, -0.2) is 17.7 Å². The monoisotopic (exact) mass is 314 g/mol. The fourth-order valence-corrected chi connectivity index (χ4v) is 2.04. The molecule has 4 N–H and O–H groups in total. The maximum absolute atomic E-state index is 11.4. The van der Waals surface area contributed by atoms with Crippen molar-refractivity contribution in [3.8, 4) is 0 Å². The van der Waals surface area contributed by atoms with Gasteiger partial charge in [-0.1, -0.05) is 31.2 Å². The number of nitrogen functional groups attached to an aromatic ring is 1. The van der Waals surface area contributed by atoms with Crippen molar-refractivity contribution in [1.82, 2.24) is 4.98 Å². The average molecular weight is 314 g/mol. The third-order valence-corrected chi connectivity index (χ3v) is 3.34. The number of nitrogens with zero attached hydrogens (tertiary/aromatic N) is 1. The van der Waals surface area contributed by atoms with Crippen molar-refractivity contribution < 1.29 is 9.53 Å². The van der Waals surface area contributed by atoms with Crippen LogP contribution in [0.25, 0.3) is 0 Å². The van der Waals surface area contributed by atoms with Gasteiger partial charge in [0.25, 0.3) is 0 Å². The zero-order valence-electron chi connectivity index (χ0n) is 13.4. The van der Waals surface area contributed by atoms with Gasteiger partial charge in [0.05, 0.1) is 12.3 Å². The molecule has 0 saturated carbocycles. The van der Waals surface area contributed by atoms with E-state index in [1.54, 1.807) is 19.1 Å². The summed E-state index contributed by atoms with van der Waals surface area (Å²) in [7, 11) is 0. The average Bonchev–Trinajstić information content (AvgIpc) is 2.56. The van der Waals surface area contributed by atoms with E-state index in [2.05, 4.69) is 46.8 Å². The van der Waals surface area contributed by atoms with Gasteiger partial charge in [-0.2, -0.15) is 0 Å². The zero-order valence-corrected chi connectivity index (χ0v) is 13.4. The van der Waals surface area contributed by atoms with Crippen molar-refractivity contribution >= 4 is 23.4 Å². The third-order valence-electron chi connectivity index (χ3n) is 3.34. The van der Waals surface area contributed by atoms with Crippen LogP contribution in [-0.2, 0) is 17.7 Å². The highest BCUT2D eigenvalue weighted by molar-refractivity contribution is 5.88. The summed E-state index contributed by atoms with van der Waals surface area (Å²) in [4.78, 5) is 15.6. The number of pyridine rings is 1. The molecule has 1 aromatic carbocycles. The Morgan fingerprint density at radius 2 is 1.83 bits per heavy atom. The number of carbonyl (C=O) groups excluding carboxylic acids is 1. The Hall–Kier alpha value is -2.76. The van der Waals surface area contributed by atoms with E-state index < -0.39 is 6.09 Å². The first kappa shape index (κ1) is 16.6. The number of benzene rings is 1. The maximum atomic E-state index is 11.4. The van der Waals surface area contributed by atoms with Gasteiger partial charge in [0.15, 0.2) is 0 Å². The minimum Gasteiger partial charge on any atom is -0.450 e. The van der Waals surface area contributed by atoms with Crippen molar-refractivity contribution in [2.45, 2.75) is 26.8 Å². The fourth-order valence-electron chi connectivity index (χ4n) is 2.04. The Balaban J connectivity index is 1.95. The van der Waals surface area contributed by atoms with Crippen LogP contribution in [0.1, 0.15) is 25.0 Å². The molecule has 2 aromatic rings. The molecule has 0 radical (unpaired) electrons. The fraction of sp³-hybridized carbons (Fsp3) is 0.294. The van der Waals surface area contributed by atoms with Crippen LogP contribution < -0.4 is 16.4 Å². The molecule has 6 heteroatoms. The Morgan fingerprint density at radius 1 is 1.13 bits per heavy atom. The molecule has 122 valence electrons. The van der Waals surface area contributed by atoms with Crippen LogP contribution in [0.4, 0.5) is 22.1 Å². The van der Waals surface area contributed by atoms with Crippen LogP contribution in [0.3, 0.4) is 0 Å². The van der Waals surface area contributed by atoms with Gasteiger partial charge in [0.1, 0.15) is 11.6 Å². The van der Waals surface area contributed by atoms with E-state index in [4.69, 9.17) is 10.5 Å². The SMILES string of the molecule is CCOC(=O)Nc1ccc(NCc2ccc(CC)cc2)nc1N. The van der Waals surface area contributed by atoms with Gasteiger partial charge in [-0.15, -0.1) is 0 Å². The summed E-state index contributed by atoms with van der Waals surface area (Å²) in [6.07, 6.45) is 0.485. The van der Waals surface area contributed by atoms with E-state index >= 15 is 0 Å². The minimum atomic E-state index is -0.544. The van der Waals surface area contributed by atoms with Gasteiger partial charge in [0.2, 0.25) is 0 Å². The first-order chi connectivity index (χ1) is 11.1. The summed E-state index contributed by atoms with van der Waals surface area (Å²) >= 11 is 0. The highest BCUT2D eigenvalue weighted by Crippen LogP contribution is 2.19. The molecule has 0 aliphatic heterocycles. The quantitative estimate of drug-likeness (QED) is 0.760. The summed E-state index contributed by atoms with van der Waals surface area (Å²) in [5.41, 5.74) is 8.76. The molecule has 0 fully saturated rings. The van der Waals surface area contributed by atoms with E-state index in [0.717, 1.165) is 12.0 Å². The molecule has 1 amide bonds. The standard InChI is InChI=1S/C17H22N4O2/c1-3-12-5-7-13(8-6-12)11-19-15-10-9-14(16(18)21-15)20-17(22)23-4-2/h5-10H,3-4,11H2,1-2H3,(H,20,22)(H3,18,19,21). The van der Waals surface area contributed by atoms with Crippen molar-refractivity contribution in [2.24, 2.45) is 0 Å². The smallest absolute Gasteiger partial charge is 0.411 e. The Bertz CT molecular complexity index is 656. The van der Waals surface area contributed by atoms with Crippen LogP contribution >= 0.6 is 0 Å². The molecule has 0 atom stereocenters. The number of nitrogens with one attached hydrogen (secondary N) is 2. The number of rotatable bonds is 6. The lowest BCUT2D eigenvalue weighted by molar-refractivity contribution is 0.168. The predicted octanol–water partition coefficient (Wildman–Crippen LogP) is 3.41. The number of ether oxygens (including phenoxy) is 1. The number of aromatic nitrogens is 1. The molecule has 0 aliphatic rings. The molecule has 2 rings (SSSR count). The number of aryl methyl sites for hydroxylation is 1. The molecular weight excluding hydrogens is 292 g/mol. The van der Waals surface area contributed by atoms with Crippen LogP contribution in [0.5, 0.6) is 0 Å². The van der Waals surface area contributed by atoms with Crippen molar-refractivity contribution in [2.75, 3.05) is 23.0 Å². The van der Waals surface area contributed by atoms with Gasteiger partial charge in [-0.3, -0.25) is 5.32 Å². The summed E-state index contributed by atoms with van der Waals surface area (Å²) in [6, 6.07) is 11.9. The molecule has 0 spiro atoms. The first-order valence-corrected chi connectivity index (χ1v) is 7.64. The van der Waals surface area contributed by atoms with Crippen LogP contribution in [0.15, 0.2) is 36.4 Å². The summed E-state index contributed by atoms with van der Waals surface area (Å²) in [5, 5.41) is 5.76. The number of hydrogen-bond donors (Lipinski definition) is 3. The lowest BCUT2D eigenvalue weighted by Crippen LogP contribution is -2.15. The highest BCUT2D eigenvalue weighted by atomic mass is 16.5. The molecule has 0 bridgehead atoms. The number of nitrogens with two attached hydrogens (primary N) is 1. The van der Waals surface area contributed by atoms with Crippen molar-refractivity contribution in [1.29, 1.82) is 0 Å². The largest absolute Gasteiger partial charge is 0.450 e. The van der Waals surface area contributed by atoms with Gasteiger partial charge in [-0.05, 0) is 36.6 Å². The minimum absolute atomic E-state index is 0.240. The van der Waals surface area contributed by atoms with Gasteiger partial charge in [-0.25, -0.2) is 9.78 Å². The second-order valence-electron chi connectivity index (χ2n) is 5.00. The molecule has 1 aromatic heterocycles. The third kappa shape index (κ3) is 4.88. The van der Waals surface area contributed by atoms with E-state index in [1.165, 1.54) is 5.56 Å². The van der Waals surface area contributed by atoms with E-state index in [1.807, 2.05) is 0 Å². The number of amides is 1. The topological polar surface area (TPSA) is 89.3 Å². The Kier molecular flexibility index (Phi) is 5.80. The molecule has 0 aliphatic carbocycles. The van der Waals surface area contributed by atoms with E-state index in [0.29, 0.717) is 24.7 Å². The summed E-state index contributed by atoms with van der Waals surface area (Å²) in [6.45, 7) is 4.82.